The molecule has 0 aromatic heterocycles. The highest BCUT2D eigenvalue weighted by molar-refractivity contribution is 6.30. The van der Waals surface area contributed by atoms with Crippen LogP contribution < -0.4 is 15.4 Å². The van der Waals surface area contributed by atoms with Crippen LogP contribution in [0.25, 0.3) is 0 Å². The zero-order valence-corrected chi connectivity index (χ0v) is 22.0. The van der Waals surface area contributed by atoms with Crippen LogP contribution in [0, 0.1) is 11.8 Å². The summed E-state index contributed by atoms with van der Waals surface area (Å²) >= 11 is 6.00. The topological polar surface area (TPSA) is 88.5 Å². The molecule has 0 spiro atoms. The number of likely N-dealkylation sites (tertiary alicyclic amines) is 1. The first-order valence-electron chi connectivity index (χ1n) is 13.1. The molecule has 3 fully saturated rings. The van der Waals surface area contributed by atoms with E-state index in [1.165, 1.54) is 6.07 Å². The van der Waals surface area contributed by atoms with Gasteiger partial charge < -0.3 is 19.9 Å². The van der Waals surface area contributed by atoms with E-state index in [1.54, 1.807) is 0 Å². The molecule has 212 valence electrons. The van der Waals surface area contributed by atoms with Crippen molar-refractivity contribution in [2.75, 3.05) is 48.2 Å². The largest absolute Gasteiger partial charge is 0.418 e. The van der Waals surface area contributed by atoms with E-state index in [0.29, 0.717) is 42.5 Å². The van der Waals surface area contributed by atoms with Crippen molar-refractivity contribution in [3.05, 3.63) is 53.1 Å². The number of hydrogen-bond donors (Lipinski definition) is 3. The van der Waals surface area contributed by atoms with E-state index in [4.69, 9.17) is 26.8 Å². The predicted octanol–water partition coefficient (Wildman–Crippen LogP) is 5.28. The monoisotopic (exact) mass is 568 g/mol. The van der Waals surface area contributed by atoms with Crippen LogP contribution in [0.4, 0.5) is 30.2 Å². The first kappa shape index (κ1) is 27.8. The third-order valence-corrected chi connectivity index (χ3v) is 8.29. The number of carbonyl (C=O) groups is 1. The summed E-state index contributed by atoms with van der Waals surface area (Å²) in [4.78, 5) is 17.1. The minimum absolute atomic E-state index is 0.00396. The molecule has 1 saturated carbocycles. The summed E-state index contributed by atoms with van der Waals surface area (Å²) in [5.41, 5.74) is -0.478. The molecule has 0 radical (unpaired) electrons. The van der Waals surface area contributed by atoms with Gasteiger partial charge in [-0.15, -0.1) is 5.23 Å². The van der Waals surface area contributed by atoms with Crippen molar-refractivity contribution < 1.29 is 33.1 Å². The minimum Gasteiger partial charge on any atom is -0.382 e. The van der Waals surface area contributed by atoms with Crippen molar-refractivity contribution in [2.24, 2.45) is 11.8 Å². The molecule has 2 aromatic carbocycles. The van der Waals surface area contributed by atoms with Crippen LogP contribution >= 0.6 is 11.6 Å². The lowest BCUT2D eigenvalue weighted by atomic mass is 9.92. The number of nitrogens with one attached hydrogen (secondary N) is 1. The van der Waals surface area contributed by atoms with Gasteiger partial charge in [0.05, 0.1) is 11.7 Å². The zero-order valence-electron chi connectivity index (χ0n) is 21.3. The highest BCUT2D eigenvalue weighted by atomic mass is 35.5. The Kier molecular flexibility index (Phi) is 8.14. The molecule has 12 heteroatoms. The summed E-state index contributed by atoms with van der Waals surface area (Å²) in [6.45, 7) is 3.34. The van der Waals surface area contributed by atoms with Crippen LogP contribution in [0.1, 0.15) is 31.2 Å². The molecule has 2 atom stereocenters. The molecule has 39 heavy (non-hydrogen) atoms. The highest BCUT2D eigenvalue weighted by Crippen LogP contribution is 2.38. The van der Waals surface area contributed by atoms with Crippen LogP contribution in [-0.4, -0.2) is 66.2 Å². The van der Waals surface area contributed by atoms with Crippen LogP contribution in [0.2, 0.25) is 5.02 Å². The van der Waals surface area contributed by atoms with Gasteiger partial charge >= 0.3 is 6.18 Å². The third kappa shape index (κ3) is 6.54. The number of anilines is 3. The zero-order chi connectivity index (χ0) is 27.7. The van der Waals surface area contributed by atoms with Gasteiger partial charge in [-0.3, -0.25) is 15.2 Å². The summed E-state index contributed by atoms with van der Waals surface area (Å²) in [6, 6.07) is 11.1. The summed E-state index contributed by atoms with van der Waals surface area (Å²) in [6.07, 6.45) is -2.06. The first-order chi connectivity index (χ1) is 18.6. The number of ether oxygens (including phenoxy) is 1. The van der Waals surface area contributed by atoms with Gasteiger partial charge in [0.2, 0.25) is 5.91 Å². The quantitative estimate of drug-likeness (QED) is 0.392. The van der Waals surface area contributed by atoms with Gasteiger partial charge in [0.1, 0.15) is 12.3 Å². The fourth-order valence-corrected chi connectivity index (χ4v) is 6.10. The van der Waals surface area contributed by atoms with Crippen molar-refractivity contribution in [1.29, 1.82) is 0 Å². The number of amides is 1. The molecular weight excluding hydrogens is 537 g/mol. The first-order valence-corrected chi connectivity index (χ1v) is 13.5. The van der Waals surface area contributed by atoms with E-state index in [1.807, 2.05) is 29.2 Å². The van der Waals surface area contributed by atoms with E-state index in [9.17, 15) is 18.0 Å². The predicted molar refractivity (Wildman–Crippen MR) is 140 cm³/mol. The molecule has 5 rings (SSSR count). The Balaban J connectivity index is 1.04. The average molecular weight is 569 g/mol. The maximum atomic E-state index is 13.3. The smallest absolute Gasteiger partial charge is 0.382 e. The average Bonchev–Trinajstić information content (AvgIpc) is 3.48. The van der Waals surface area contributed by atoms with Gasteiger partial charge in [0.25, 0.3) is 0 Å². The van der Waals surface area contributed by atoms with Gasteiger partial charge in [-0.2, -0.15) is 13.2 Å². The van der Waals surface area contributed by atoms with Crippen molar-refractivity contribution in [3.63, 3.8) is 0 Å². The number of nitrogens with zero attached hydrogens (tertiary/aromatic N) is 3. The lowest BCUT2D eigenvalue weighted by Crippen LogP contribution is -2.37. The normalized spacial score (nSPS) is 25.1. The molecule has 3 N–H and O–H groups in total. The van der Waals surface area contributed by atoms with E-state index in [0.717, 1.165) is 44.0 Å². The number of hydrogen-bond acceptors (Lipinski definition) is 7. The van der Waals surface area contributed by atoms with Gasteiger partial charge in [-0.25, -0.2) is 0 Å². The molecule has 0 bridgehead atoms. The highest BCUT2D eigenvalue weighted by Gasteiger charge is 2.42. The van der Waals surface area contributed by atoms with Gasteiger partial charge in [-0.05, 0) is 68.1 Å². The molecule has 1 amide bonds. The Morgan fingerprint density at radius 3 is 2.23 bits per heavy atom. The van der Waals surface area contributed by atoms with Crippen LogP contribution in [0.5, 0.6) is 0 Å². The molecular formula is C27H32ClF3N4O4. The van der Waals surface area contributed by atoms with Crippen LogP contribution in [0.3, 0.4) is 0 Å². The summed E-state index contributed by atoms with van der Waals surface area (Å²) in [7, 11) is 0. The maximum Gasteiger partial charge on any atom is 0.418 e. The second-order valence-corrected chi connectivity index (χ2v) is 11.1. The standard InChI is InChI=1S/C27H32ClF3N4O4/c28-19-1-6-22(7-2-19)33-12-17-14-34(15-18(17)13-33)26(36)16-39-23-8-3-20(4-9-23)32-21-5-10-25(35(37)38)24(11-21)27(29,30)31/h1-2,5-7,10-11,17-18,20,23,32,37-38H,3-4,8-9,12-16H2. The molecule has 2 heterocycles. The van der Waals surface area contributed by atoms with Gasteiger partial charge in [0.15, 0.2) is 0 Å². The van der Waals surface area contributed by atoms with Gasteiger partial charge in [-0.1, -0.05) is 11.6 Å². The molecule has 3 aliphatic rings. The van der Waals surface area contributed by atoms with E-state index in [2.05, 4.69) is 10.2 Å². The number of fused-ring (bicyclic) bond motifs is 1. The molecule has 2 saturated heterocycles. The Hall–Kier alpha value is -2.73. The summed E-state index contributed by atoms with van der Waals surface area (Å²) in [5, 5.41) is 21.5. The number of carbonyl (C=O) groups excluding carboxylic acids is 1. The summed E-state index contributed by atoms with van der Waals surface area (Å²) in [5.74, 6) is 0.885. The Morgan fingerprint density at radius 2 is 1.64 bits per heavy atom. The van der Waals surface area contributed by atoms with Crippen LogP contribution in [-0.2, 0) is 15.7 Å². The van der Waals surface area contributed by atoms with Crippen LogP contribution in [0.15, 0.2) is 42.5 Å². The molecule has 2 unspecified atom stereocenters. The van der Waals surface area contributed by atoms with Crippen molar-refractivity contribution >= 4 is 34.6 Å². The minimum atomic E-state index is -4.74. The summed E-state index contributed by atoms with van der Waals surface area (Å²) < 4.78 is 45.9. The van der Waals surface area contributed by atoms with Crippen molar-refractivity contribution in [3.8, 4) is 0 Å². The number of halogens is 4. The fraction of sp³-hybridized carbons (Fsp3) is 0.519. The Labute approximate surface area is 229 Å². The number of alkyl halides is 3. The molecule has 8 nitrogen and oxygen atoms in total. The lowest BCUT2D eigenvalue weighted by molar-refractivity contribution is -0.139. The van der Waals surface area contributed by atoms with E-state index < -0.39 is 22.7 Å². The fourth-order valence-electron chi connectivity index (χ4n) is 5.98. The maximum absolute atomic E-state index is 13.3. The third-order valence-electron chi connectivity index (χ3n) is 8.04. The SMILES string of the molecule is O=C(COC1CCC(Nc2ccc(N(O)O)c(C(F)(F)F)c2)CC1)N1CC2CN(c3ccc(Cl)cc3)CC2C1. The van der Waals surface area contributed by atoms with Crippen molar-refractivity contribution in [2.45, 2.75) is 44.0 Å². The molecule has 2 aromatic rings. The number of benzene rings is 2. The lowest BCUT2D eigenvalue weighted by Gasteiger charge is -2.30. The second-order valence-electron chi connectivity index (χ2n) is 10.6. The Morgan fingerprint density at radius 1 is 1.00 bits per heavy atom. The van der Waals surface area contributed by atoms with Gasteiger partial charge in [0, 0.05) is 60.5 Å². The number of rotatable bonds is 7. The molecule has 1 aliphatic carbocycles. The Bertz CT molecular complexity index is 1140. The molecule has 2 aliphatic heterocycles. The van der Waals surface area contributed by atoms with Crippen molar-refractivity contribution in [1.82, 2.24) is 4.90 Å². The second kappa shape index (κ2) is 11.4. The van der Waals surface area contributed by atoms with E-state index >= 15 is 0 Å². The van der Waals surface area contributed by atoms with E-state index in [-0.39, 0.29) is 30.3 Å².